The summed E-state index contributed by atoms with van der Waals surface area (Å²) in [5, 5.41) is 2.98. The number of hydrogen-bond acceptors (Lipinski definition) is 5. The number of piperazine rings is 1. The standard InChI is InChI=1S/C22H25N5O/c1-3-16-8-10-17(11-9-16)23-22(28)20-21(27-14-12-26(2)13-15-27)25-19-7-5-4-6-18(19)24-20/h4-11H,3,12-15H2,1-2H3,(H,23,28). The Morgan fingerprint density at radius 3 is 2.25 bits per heavy atom. The van der Waals surface area contributed by atoms with Crippen LogP contribution < -0.4 is 10.2 Å². The molecule has 1 aromatic heterocycles. The molecule has 0 aliphatic carbocycles. The van der Waals surface area contributed by atoms with Gasteiger partial charge in [-0.15, -0.1) is 0 Å². The first-order valence-electron chi connectivity index (χ1n) is 9.74. The zero-order valence-electron chi connectivity index (χ0n) is 16.4. The number of nitrogens with zero attached hydrogens (tertiary/aromatic N) is 4. The summed E-state index contributed by atoms with van der Waals surface area (Å²) in [5.41, 5.74) is 3.91. The SMILES string of the molecule is CCc1ccc(NC(=O)c2nc3ccccc3nc2N2CCN(C)CC2)cc1. The Labute approximate surface area is 165 Å². The van der Waals surface area contributed by atoms with Crippen molar-refractivity contribution in [2.24, 2.45) is 0 Å². The molecule has 6 nitrogen and oxygen atoms in total. The van der Waals surface area contributed by atoms with Gasteiger partial charge in [-0.1, -0.05) is 31.2 Å². The van der Waals surface area contributed by atoms with E-state index in [4.69, 9.17) is 4.98 Å². The molecule has 1 aliphatic heterocycles. The molecule has 1 amide bonds. The number of hydrogen-bond donors (Lipinski definition) is 1. The number of fused-ring (bicyclic) bond motifs is 1. The third-order valence-corrected chi connectivity index (χ3v) is 5.19. The largest absolute Gasteiger partial charge is 0.352 e. The molecule has 3 aromatic rings. The van der Waals surface area contributed by atoms with Crippen LogP contribution in [0.15, 0.2) is 48.5 Å². The maximum absolute atomic E-state index is 13.1. The van der Waals surface area contributed by atoms with E-state index in [9.17, 15) is 4.79 Å². The number of aryl methyl sites for hydroxylation is 1. The molecule has 1 N–H and O–H groups in total. The molecule has 0 bridgehead atoms. The first-order valence-corrected chi connectivity index (χ1v) is 9.74. The van der Waals surface area contributed by atoms with Gasteiger partial charge in [-0.2, -0.15) is 0 Å². The van der Waals surface area contributed by atoms with Gasteiger partial charge in [0, 0.05) is 31.9 Å². The van der Waals surface area contributed by atoms with Crippen LogP contribution in [0.1, 0.15) is 23.0 Å². The Balaban J connectivity index is 1.68. The molecule has 1 aliphatic rings. The zero-order valence-corrected chi connectivity index (χ0v) is 16.4. The molecular formula is C22H25N5O. The average molecular weight is 375 g/mol. The summed E-state index contributed by atoms with van der Waals surface area (Å²) in [6.45, 7) is 5.65. The second-order valence-electron chi connectivity index (χ2n) is 7.18. The summed E-state index contributed by atoms with van der Waals surface area (Å²) in [4.78, 5) is 27.0. The summed E-state index contributed by atoms with van der Waals surface area (Å²) in [6.07, 6.45) is 0.970. The van der Waals surface area contributed by atoms with E-state index in [1.165, 1.54) is 5.56 Å². The van der Waals surface area contributed by atoms with Gasteiger partial charge in [0.05, 0.1) is 11.0 Å². The minimum absolute atomic E-state index is 0.226. The maximum atomic E-state index is 13.1. The summed E-state index contributed by atoms with van der Waals surface area (Å²) in [7, 11) is 2.11. The molecule has 6 heteroatoms. The Morgan fingerprint density at radius 2 is 1.61 bits per heavy atom. The van der Waals surface area contributed by atoms with E-state index in [0.717, 1.165) is 49.3 Å². The number of para-hydroxylation sites is 2. The van der Waals surface area contributed by atoms with E-state index in [-0.39, 0.29) is 5.91 Å². The molecule has 0 unspecified atom stereocenters. The van der Waals surface area contributed by atoms with Gasteiger partial charge < -0.3 is 15.1 Å². The van der Waals surface area contributed by atoms with Gasteiger partial charge in [0.25, 0.3) is 5.91 Å². The lowest BCUT2D eigenvalue weighted by molar-refractivity contribution is 0.102. The van der Waals surface area contributed by atoms with Gasteiger partial charge in [-0.05, 0) is 43.3 Å². The molecule has 1 saturated heterocycles. The molecular weight excluding hydrogens is 350 g/mol. The van der Waals surface area contributed by atoms with Crippen LogP contribution >= 0.6 is 0 Å². The van der Waals surface area contributed by atoms with Crippen molar-refractivity contribution in [1.29, 1.82) is 0 Å². The molecule has 0 saturated carbocycles. The monoisotopic (exact) mass is 375 g/mol. The lowest BCUT2D eigenvalue weighted by Gasteiger charge is -2.33. The Hall–Kier alpha value is -2.99. The number of carbonyl (C=O) groups excluding carboxylic acids is 1. The zero-order chi connectivity index (χ0) is 19.5. The van der Waals surface area contributed by atoms with Crippen molar-refractivity contribution in [3.8, 4) is 0 Å². The second-order valence-corrected chi connectivity index (χ2v) is 7.18. The van der Waals surface area contributed by atoms with Crippen molar-refractivity contribution < 1.29 is 4.79 Å². The van der Waals surface area contributed by atoms with Crippen LogP contribution in [-0.2, 0) is 6.42 Å². The topological polar surface area (TPSA) is 61.4 Å². The third kappa shape index (κ3) is 3.82. The van der Waals surface area contributed by atoms with Gasteiger partial charge in [0.1, 0.15) is 0 Å². The van der Waals surface area contributed by atoms with Gasteiger partial charge in [0.15, 0.2) is 11.5 Å². The molecule has 2 aromatic carbocycles. The molecule has 0 atom stereocenters. The smallest absolute Gasteiger partial charge is 0.278 e. The lowest BCUT2D eigenvalue weighted by atomic mass is 10.1. The summed E-state index contributed by atoms with van der Waals surface area (Å²) >= 11 is 0. The van der Waals surface area contributed by atoms with Crippen LogP contribution in [-0.4, -0.2) is 54.0 Å². The molecule has 144 valence electrons. The first-order chi connectivity index (χ1) is 13.6. The van der Waals surface area contributed by atoms with Gasteiger partial charge in [-0.25, -0.2) is 9.97 Å². The van der Waals surface area contributed by atoms with Crippen LogP contribution in [0.25, 0.3) is 11.0 Å². The minimum Gasteiger partial charge on any atom is -0.352 e. The number of carbonyl (C=O) groups is 1. The van der Waals surface area contributed by atoms with Crippen molar-refractivity contribution in [2.45, 2.75) is 13.3 Å². The predicted molar refractivity (Wildman–Crippen MR) is 113 cm³/mol. The van der Waals surface area contributed by atoms with Crippen molar-refractivity contribution in [1.82, 2.24) is 14.9 Å². The number of likely N-dealkylation sites (N-methyl/N-ethyl adjacent to an activating group) is 1. The van der Waals surface area contributed by atoms with E-state index in [2.05, 4.69) is 34.1 Å². The van der Waals surface area contributed by atoms with E-state index in [1.54, 1.807) is 0 Å². The lowest BCUT2D eigenvalue weighted by Crippen LogP contribution is -2.45. The molecule has 28 heavy (non-hydrogen) atoms. The van der Waals surface area contributed by atoms with Crippen LogP contribution in [0.5, 0.6) is 0 Å². The molecule has 1 fully saturated rings. The van der Waals surface area contributed by atoms with E-state index in [1.807, 2.05) is 48.5 Å². The average Bonchev–Trinajstić information content (AvgIpc) is 2.74. The summed E-state index contributed by atoms with van der Waals surface area (Å²) in [5.74, 6) is 0.436. The van der Waals surface area contributed by atoms with Crippen molar-refractivity contribution in [3.05, 3.63) is 59.8 Å². The van der Waals surface area contributed by atoms with E-state index >= 15 is 0 Å². The van der Waals surface area contributed by atoms with Gasteiger partial charge >= 0.3 is 0 Å². The number of benzene rings is 2. The number of amides is 1. The van der Waals surface area contributed by atoms with E-state index < -0.39 is 0 Å². The van der Waals surface area contributed by atoms with Crippen molar-refractivity contribution >= 4 is 28.4 Å². The first kappa shape index (κ1) is 18.4. The van der Waals surface area contributed by atoms with Gasteiger partial charge in [-0.3, -0.25) is 4.79 Å². The molecule has 4 rings (SSSR count). The highest BCUT2D eigenvalue weighted by Crippen LogP contribution is 2.23. The minimum atomic E-state index is -0.226. The van der Waals surface area contributed by atoms with Gasteiger partial charge in [0.2, 0.25) is 0 Å². The summed E-state index contributed by atoms with van der Waals surface area (Å²) < 4.78 is 0. The van der Waals surface area contributed by atoms with Crippen LogP contribution in [0.4, 0.5) is 11.5 Å². The number of nitrogens with one attached hydrogen (secondary N) is 1. The highest BCUT2D eigenvalue weighted by Gasteiger charge is 2.24. The van der Waals surface area contributed by atoms with E-state index in [0.29, 0.717) is 11.5 Å². The fourth-order valence-corrected chi connectivity index (χ4v) is 3.40. The Bertz CT molecular complexity index is 978. The number of aromatic nitrogens is 2. The Morgan fingerprint density at radius 1 is 0.964 bits per heavy atom. The quantitative estimate of drug-likeness (QED) is 0.759. The van der Waals surface area contributed by atoms with Crippen molar-refractivity contribution in [2.75, 3.05) is 43.4 Å². The van der Waals surface area contributed by atoms with Crippen LogP contribution in [0.2, 0.25) is 0 Å². The third-order valence-electron chi connectivity index (χ3n) is 5.19. The highest BCUT2D eigenvalue weighted by molar-refractivity contribution is 6.07. The Kier molecular flexibility index (Phi) is 5.21. The fraction of sp³-hybridized carbons (Fsp3) is 0.318. The normalized spacial score (nSPS) is 15.0. The molecule has 2 heterocycles. The molecule has 0 spiro atoms. The fourth-order valence-electron chi connectivity index (χ4n) is 3.40. The highest BCUT2D eigenvalue weighted by atomic mass is 16.1. The van der Waals surface area contributed by atoms with Crippen LogP contribution in [0.3, 0.4) is 0 Å². The molecule has 0 radical (unpaired) electrons. The van der Waals surface area contributed by atoms with Crippen molar-refractivity contribution in [3.63, 3.8) is 0 Å². The predicted octanol–water partition coefficient (Wildman–Crippen LogP) is 3.20. The van der Waals surface area contributed by atoms with Crippen LogP contribution in [0, 0.1) is 0 Å². The second kappa shape index (κ2) is 7.94. The summed E-state index contributed by atoms with van der Waals surface area (Å²) in [6, 6.07) is 15.6. The number of rotatable bonds is 4. The number of anilines is 2. The maximum Gasteiger partial charge on any atom is 0.278 e.